The molecule has 0 atom stereocenters. The fourth-order valence-electron chi connectivity index (χ4n) is 4.18. The van der Waals surface area contributed by atoms with Crippen molar-refractivity contribution in [3.05, 3.63) is 89.5 Å². The molecule has 9 heteroatoms. The van der Waals surface area contributed by atoms with Gasteiger partial charge in [0.15, 0.2) is 0 Å². The topological polar surface area (TPSA) is 79.5 Å². The molecule has 0 amide bonds. The van der Waals surface area contributed by atoms with Gasteiger partial charge in [0.1, 0.15) is 0 Å². The van der Waals surface area contributed by atoms with E-state index in [1.54, 1.807) is 19.1 Å². The maximum absolute atomic E-state index is 13.9. The van der Waals surface area contributed by atoms with Crippen LogP contribution in [0.1, 0.15) is 35.6 Å². The molecule has 4 rings (SSSR count). The normalized spacial score (nSPS) is 14.4. The van der Waals surface area contributed by atoms with E-state index in [1.165, 1.54) is 24.3 Å². The molecule has 0 aliphatic carbocycles. The highest BCUT2D eigenvalue weighted by Gasteiger charge is 2.34. The predicted molar refractivity (Wildman–Crippen MR) is 130 cm³/mol. The molecule has 0 saturated carbocycles. The van der Waals surface area contributed by atoms with Crippen molar-refractivity contribution in [1.82, 2.24) is 15.0 Å². The summed E-state index contributed by atoms with van der Waals surface area (Å²) in [5, 5.41) is 12.9. The van der Waals surface area contributed by atoms with E-state index in [2.05, 4.69) is 16.7 Å². The summed E-state index contributed by atoms with van der Waals surface area (Å²) in [4.78, 5) is 17.2. The van der Waals surface area contributed by atoms with Gasteiger partial charge in [-0.15, -0.1) is 0 Å². The highest BCUT2D eigenvalue weighted by atomic mass is 19.4. The summed E-state index contributed by atoms with van der Waals surface area (Å²) in [5.74, 6) is -0.607. The van der Waals surface area contributed by atoms with Gasteiger partial charge in [-0.3, -0.25) is 9.69 Å². The molecule has 0 radical (unpaired) electrons. The Bertz CT molecular complexity index is 1360. The standard InChI is InChI=1S/C27H24F3N3O3/c1-3-5-17(6-4-2)22-10-9-19(14-23(22)27(28,29)30)26-31-25(32-36-26)18-7-8-20-15-33(12-11-24(34)35)16-21(20)13-18/h3-10,13-14H,1,11-12,15-16H2,2H3,(H,34,35)/b6-4-,17-5+. The number of aliphatic carboxylic acids is 1. The molecule has 36 heavy (non-hydrogen) atoms. The molecule has 186 valence electrons. The average molecular weight is 496 g/mol. The van der Waals surface area contributed by atoms with Gasteiger partial charge in [0.25, 0.3) is 5.89 Å². The molecule has 1 aliphatic rings. The number of hydrogen-bond acceptors (Lipinski definition) is 5. The molecular formula is C27H24F3N3O3. The Balaban J connectivity index is 1.62. The van der Waals surface area contributed by atoms with Crippen molar-refractivity contribution in [3.8, 4) is 22.8 Å². The zero-order valence-electron chi connectivity index (χ0n) is 19.5. The van der Waals surface area contributed by atoms with Crippen molar-refractivity contribution in [2.75, 3.05) is 6.54 Å². The fourth-order valence-corrected chi connectivity index (χ4v) is 4.18. The number of alkyl halides is 3. The van der Waals surface area contributed by atoms with E-state index in [0.29, 0.717) is 30.8 Å². The summed E-state index contributed by atoms with van der Waals surface area (Å²) in [6, 6.07) is 9.56. The maximum atomic E-state index is 13.9. The third-order valence-corrected chi connectivity index (χ3v) is 5.85. The van der Waals surface area contributed by atoms with Gasteiger partial charge in [-0.1, -0.05) is 54.2 Å². The first-order valence-corrected chi connectivity index (χ1v) is 11.3. The van der Waals surface area contributed by atoms with Crippen LogP contribution in [0.5, 0.6) is 0 Å². The summed E-state index contributed by atoms with van der Waals surface area (Å²) in [6.07, 6.45) is 1.68. The van der Waals surface area contributed by atoms with Gasteiger partial charge in [-0.05, 0) is 47.4 Å². The molecule has 0 saturated heterocycles. The number of hydrogen-bond donors (Lipinski definition) is 1. The molecule has 6 nitrogen and oxygen atoms in total. The Morgan fingerprint density at radius 1 is 1.17 bits per heavy atom. The van der Waals surface area contributed by atoms with Crippen LogP contribution in [-0.4, -0.2) is 32.7 Å². The lowest BCUT2D eigenvalue weighted by atomic mass is 9.96. The average Bonchev–Trinajstić information content (AvgIpc) is 3.48. The van der Waals surface area contributed by atoms with Crippen molar-refractivity contribution in [2.45, 2.75) is 32.6 Å². The second kappa shape index (κ2) is 10.3. The van der Waals surface area contributed by atoms with Crippen LogP contribution in [0.2, 0.25) is 0 Å². The predicted octanol–water partition coefficient (Wildman–Crippen LogP) is 6.36. The quantitative estimate of drug-likeness (QED) is 0.367. The largest absolute Gasteiger partial charge is 0.481 e. The van der Waals surface area contributed by atoms with Crippen molar-refractivity contribution in [3.63, 3.8) is 0 Å². The molecule has 0 bridgehead atoms. The van der Waals surface area contributed by atoms with Crippen LogP contribution < -0.4 is 0 Å². The first-order valence-electron chi connectivity index (χ1n) is 11.3. The summed E-state index contributed by atoms with van der Waals surface area (Å²) < 4.78 is 47.1. The van der Waals surface area contributed by atoms with E-state index in [-0.39, 0.29) is 29.3 Å². The van der Waals surface area contributed by atoms with Crippen LogP contribution in [-0.2, 0) is 24.1 Å². The third kappa shape index (κ3) is 5.46. The summed E-state index contributed by atoms with van der Waals surface area (Å²) in [6.45, 7) is 7.02. The number of nitrogens with zero attached hydrogens (tertiary/aromatic N) is 3. The second-order valence-corrected chi connectivity index (χ2v) is 8.38. The van der Waals surface area contributed by atoms with Crippen LogP contribution in [0.3, 0.4) is 0 Å². The molecule has 2 heterocycles. The highest BCUT2D eigenvalue weighted by molar-refractivity contribution is 5.79. The molecule has 0 spiro atoms. The van der Waals surface area contributed by atoms with E-state index < -0.39 is 17.7 Å². The molecule has 0 unspecified atom stereocenters. The van der Waals surface area contributed by atoms with Crippen LogP contribution in [0.15, 0.2) is 71.8 Å². The number of carboxylic acid groups (broad SMARTS) is 1. The molecular weight excluding hydrogens is 471 g/mol. The van der Waals surface area contributed by atoms with Gasteiger partial charge in [0.2, 0.25) is 5.82 Å². The van der Waals surface area contributed by atoms with Gasteiger partial charge in [0, 0.05) is 30.8 Å². The molecule has 0 fully saturated rings. The number of carbonyl (C=O) groups is 1. The number of benzene rings is 2. The van der Waals surface area contributed by atoms with Gasteiger partial charge >= 0.3 is 12.1 Å². The fraction of sp³-hybridized carbons (Fsp3) is 0.222. The Morgan fingerprint density at radius 3 is 2.61 bits per heavy atom. The smallest absolute Gasteiger partial charge is 0.417 e. The van der Waals surface area contributed by atoms with E-state index >= 15 is 0 Å². The lowest BCUT2D eigenvalue weighted by molar-refractivity contribution is -0.138. The van der Waals surface area contributed by atoms with Crippen LogP contribution in [0.4, 0.5) is 13.2 Å². The van der Waals surface area contributed by atoms with E-state index in [1.807, 2.05) is 23.1 Å². The van der Waals surface area contributed by atoms with Gasteiger partial charge in [-0.2, -0.15) is 18.2 Å². The minimum atomic E-state index is -4.59. The van der Waals surface area contributed by atoms with Crippen LogP contribution in [0, 0.1) is 0 Å². The maximum Gasteiger partial charge on any atom is 0.417 e. The SMILES string of the molecule is C=C/C=C(\C=C/C)c1ccc(-c2nc(-c3ccc4c(c3)CN(CCC(=O)O)C4)no2)cc1C(F)(F)F. The lowest BCUT2D eigenvalue weighted by Crippen LogP contribution is -2.20. The van der Waals surface area contributed by atoms with Crippen molar-refractivity contribution in [1.29, 1.82) is 0 Å². The number of halogens is 3. The second-order valence-electron chi connectivity index (χ2n) is 8.38. The Morgan fingerprint density at radius 2 is 1.92 bits per heavy atom. The van der Waals surface area contributed by atoms with Crippen molar-refractivity contribution in [2.24, 2.45) is 0 Å². The number of aromatic nitrogens is 2. The van der Waals surface area contributed by atoms with E-state index in [9.17, 15) is 18.0 Å². The van der Waals surface area contributed by atoms with E-state index in [0.717, 1.165) is 17.2 Å². The summed E-state index contributed by atoms with van der Waals surface area (Å²) in [5.41, 5.74) is 2.53. The van der Waals surface area contributed by atoms with Crippen LogP contribution in [0.25, 0.3) is 28.4 Å². The van der Waals surface area contributed by atoms with E-state index in [4.69, 9.17) is 9.63 Å². The minimum Gasteiger partial charge on any atom is -0.481 e. The highest BCUT2D eigenvalue weighted by Crippen LogP contribution is 2.38. The molecule has 1 N–H and O–H groups in total. The lowest BCUT2D eigenvalue weighted by Gasteiger charge is -2.14. The third-order valence-electron chi connectivity index (χ3n) is 5.85. The van der Waals surface area contributed by atoms with Crippen LogP contribution >= 0.6 is 0 Å². The zero-order valence-corrected chi connectivity index (χ0v) is 19.5. The number of fused-ring (bicyclic) bond motifs is 1. The monoisotopic (exact) mass is 495 g/mol. The summed E-state index contributed by atoms with van der Waals surface area (Å²) >= 11 is 0. The zero-order chi connectivity index (χ0) is 25.9. The number of carboxylic acids is 1. The number of allylic oxidation sites excluding steroid dienone is 5. The first-order chi connectivity index (χ1) is 17.2. The van der Waals surface area contributed by atoms with Gasteiger partial charge in [0.05, 0.1) is 12.0 Å². The molecule has 3 aromatic rings. The first kappa shape index (κ1) is 25.1. The minimum absolute atomic E-state index is 0.0223. The van der Waals surface area contributed by atoms with Crippen molar-refractivity contribution < 1.29 is 27.6 Å². The number of rotatable bonds is 8. The molecule has 1 aliphatic heterocycles. The van der Waals surface area contributed by atoms with Crippen molar-refractivity contribution >= 4 is 11.5 Å². The summed E-state index contributed by atoms with van der Waals surface area (Å²) in [7, 11) is 0. The Kier molecular flexibility index (Phi) is 7.21. The molecule has 2 aromatic carbocycles. The molecule has 1 aromatic heterocycles. The Hall–Kier alpha value is -3.98. The Labute approximate surface area is 206 Å². The van der Waals surface area contributed by atoms with Gasteiger partial charge in [-0.25, -0.2) is 0 Å². The van der Waals surface area contributed by atoms with Gasteiger partial charge < -0.3 is 9.63 Å².